The standard InChI is InChI=1S/C16H23N7O/c1-12(14-10-18-21(3)11-14)19-16(24)23-8-6-22(7-9-23)15-4-5-17-13(2)20-15/h4-5,10-12H,6-9H2,1-3H3,(H,19,24)/t12-/m0/s1. The second kappa shape index (κ2) is 6.86. The highest BCUT2D eigenvalue weighted by atomic mass is 16.2. The highest BCUT2D eigenvalue weighted by Crippen LogP contribution is 2.15. The van der Waals surface area contributed by atoms with Crippen LogP contribution in [0.4, 0.5) is 10.6 Å². The van der Waals surface area contributed by atoms with Gasteiger partial charge in [0.15, 0.2) is 0 Å². The lowest BCUT2D eigenvalue weighted by Crippen LogP contribution is -2.52. The van der Waals surface area contributed by atoms with Crippen molar-refractivity contribution in [2.75, 3.05) is 31.1 Å². The molecule has 0 spiro atoms. The van der Waals surface area contributed by atoms with Gasteiger partial charge >= 0.3 is 6.03 Å². The molecule has 1 saturated heterocycles. The minimum absolute atomic E-state index is 0.0372. The molecule has 24 heavy (non-hydrogen) atoms. The number of urea groups is 1. The van der Waals surface area contributed by atoms with E-state index >= 15 is 0 Å². The van der Waals surface area contributed by atoms with E-state index < -0.39 is 0 Å². The molecule has 1 aliphatic heterocycles. The molecule has 8 heteroatoms. The molecule has 3 rings (SSSR count). The fraction of sp³-hybridized carbons (Fsp3) is 0.500. The number of aryl methyl sites for hydroxylation is 2. The number of carbonyl (C=O) groups excluding carboxylic acids is 1. The van der Waals surface area contributed by atoms with Gasteiger partial charge in [-0.15, -0.1) is 0 Å². The fourth-order valence-electron chi connectivity index (χ4n) is 2.78. The molecule has 0 aliphatic carbocycles. The van der Waals surface area contributed by atoms with Crippen molar-refractivity contribution in [3.8, 4) is 0 Å². The first-order valence-corrected chi connectivity index (χ1v) is 8.11. The van der Waals surface area contributed by atoms with Crippen molar-refractivity contribution in [3.05, 3.63) is 36.0 Å². The summed E-state index contributed by atoms with van der Waals surface area (Å²) in [5, 5.41) is 7.17. The Morgan fingerprint density at radius 1 is 1.29 bits per heavy atom. The van der Waals surface area contributed by atoms with Gasteiger partial charge in [0.2, 0.25) is 0 Å². The van der Waals surface area contributed by atoms with Gasteiger partial charge in [0.25, 0.3) is 0 Å². The molecular weight excluding hydrogens is 306 g/mol. The summed E-state index contributed by atoms with van der Waals surface area (Å²) in [6, 6.07) is 1.81. The maximum Gasteiger partial charge on any atom is 0.317 e. The van der Waals surface area contributed by atoms with Gasteiger partial charge in [-0.25, -0.2) is 14.8 Å². The first-order valence-electron chi connectivity index (χ1n) is 8.11. The Hall–Kier alpha value is -2.64. The van der Waals surface area contributed by atoms with Crippen LogP contribution < -0.4 is 10.2 Å². The predicted molar refractivity (Wildman–Crippen MR) is 90.7 cm³/mol. The number of anilines is 1. The van der Waals surface area contributed by atoms with Crippen molar-refractivity contribution in [1.29, 1.82) is 0 Å². The van der Waals surface area contributed by atoms with Crippen LogP contribution in [0.5, 0.6) is 0 Å². The van der Waals surface area contributed by atoms with E-state index in [4.69, 9.17) is 0 Å². The quantitative estimate of drug-likeness (QED) is 0.912. The molecule has 0 aromatic carbocycles. The van der Waals surface area contributed by atoms with Gasteiger partial charge in [0.05, 0.1) is 12.2 Å². The monoisotopic (exact) mass is 329 g/mol. The molecule has 0 radical (unpaired) electrons. The molecule has 0 saturated carbocycles. The average molecular weight is 329 g/mol. The number of hydrogen-bond acceptors (Lipinski definition) is 5. The highest BCUT2D eigenvalue weighted by molar-refractivity contribution is 5.75. The summed E-state index contributed by atoms with van der Waals surface area (Å²) >= 11 is 0. The number of amides is 2. The summed E-state index contributed by atoms with van der Waals surface area (Å²) in [5.41, 5.74) is 1.00. The Balaban J connectivity index is 1.53. The Morgan fingerprint density at radius 2 is 2.04 bits per heavy atom. The molecule has 1 aliphatic rings. The van der Waals surface area contributed by atoms with Crippen LogP contribution in [0.25, 0.3) is 0 Å². The van der Waals surface area contributed by atoms with Crippen molar-refractivity contribution in [3.63, 3.8) is 0 Å². The molecule has 0 bridgehead atoms. The van der Waals surface area contributed by atoms with Gasteiger partial charge in [-0.05, 0) is 19.9 Å². The molecule has 2 aromatic heterocycles. The summed E-state index contributed by atoms with van der Waals surface area (Å²) in [6.45, 7) is 6.74. The molecule has 8 nitrogen and oxygen atoms in total. The second-order valence-corrected chi connectivity index (χ2v) is 6.05. The Morgan fingerprint density at radius 3 is 2.67 bits per heavy atom. The van der Waals surface area contributed by atoms with E-state index in [9.17, 15) is 4.79 Å². The van der Waals surface area contributed by atoms with Gasteiger partial charge in [0.1, 0.15) is 11.6 Å². The molecule has 128 valence electrons. The highest BCUT2D eigenvalue weighted by Gasteiger charge is 2.23. The first kappa shape index (κ1) is 16.2. The molecule has 1 fully saturated rings. The molecule has 1 N–H and O–H groups in total. The smallest absolute Gasteiger partial charge is 0.317 e. The van der Waals surface area contributed by atoms with Crippen molar-refractivity contribution in [1.82, 2.24) is 30.0 Å². The topological polar surface area (TPSA) is 79.2 Å². The van der Waals surface area contributed by atoms with Gasteiger partial charge in [-0.3, -0.25) is 4.68 Å². The minimum Gasteiger partial charge on any atom is -0.353 e. The maximum atomic E-state index is 12.4. The minimum atomic E-state index is -0.0613. The molecule has 3 heterocycles. The van der Waals surface area contributed by atoms with Crippen molar-refractivity contribution >= 4 is 11.8 Å². The number of nitrogens with zero attached hydrogens (tertiary/aromatic N) is 6. The zero-order chi connectivity index (χ0) is 17.1. The number of carbonyl (C=O) groups is 1. The van der Waals surface area contributed by atoms with Crippen LogP contribution >= 0.6 is 0 Å². The van der Waals surface area contributed by atoms with Crippen LogP contribution in [-0.4, -0.2) is 56.9 Å². The van der Waals surface area contributed by atoms with E-state index in [1.54, 1.807) is 17.1 Å². The molecule has 2 aromatic rings. The second-order valence-electron chi connectivity index (χ2n) is 6.05. The van der Waals surface area contributed by atoms with Gasteiger partial charge < -0.3 is 15.1 Å². The fourth-order valence-corrected chi connectivity index (χ4v) is 2.78. The summed E-state index contributed by atoms with van der Waals surface area (Å²) in [6.07, 6.45) is 5.47. The molecular formula is C16H23N7O. The number of piperazine rings is 1. The van der Waals surface area contributed by atoms with Crippen LogP contribution in [0.15, 0.2) is 24.7 Å². The van der Waals surface area contributed by atoms with Crippen molar-refractivity contribution in [2.45, 2.75) is 19.9 Å². The lowest BCUT2D eigenvalue weighted by Gasteiger charge is -2.35. The zero-order valence-corrected chi connectivity index (χ0v) is 14.3. The first-order chi connectivity index (χ1) is 11.5. The lowest BCUT2D eigenvalue weighted by molar-refractivity contribution is 0.191. The number of nitrogens with one attached hydrogen (secondary N) is 1. The van der Waals surface area contributed by atoms with Crippen LogP contribution in [-0.2, 0) is 7.05 Å². The Labute approximate surface area is 141 Å². The number of rotatable bonds is 3. The van der Waals surface area contributed by atoms with Crippen LogP contribution in [0.1, 0.15) is 24.4 Å². The molecule has 0 unspecified atom stereocenters. The lowest BCUT2D eigenvalue weighted by atomic mass is 10.2. The summed E-state index contributed by atoms with van der Waals surface area (Å²) < 4.78 is 1.74. The summed E-state index contributed by atoms with van der Waals surface area (Å²) in [4.78, 5) is 25.0. The zero-order valence-electron chi connectivity index (χ0n) is 14.3. The molecule has 1 atom stereocenters. The maximum absolute atomic E-state index is 12.4. The largest absolute Gasteiger partial charge is 0.353 e. The third kappa shape index (κ3) is 3.64. The third-order valence-electron chi connectivity index (χ3n) is 4.22. The molecule has 2 amide bonds. The SMILES string of the molecule is Cc1nccc(N2CCN(C(=O)N[C@@H](C)c3cnn(C)c3)CC2)n1. The number of aromatic nitrogens is 4. The van der Waals surface area contributed by atoms with E-state index in [1.165, 1.54) is 0 Å². The van der Waals surface area contributed by atoms with Crippen LogP contribution in [0, 0.1) is 6.92 Å². The van der Waals surface area contributed by atoms with Gasteiger partial charge in [-0.1, -0.05) is 0 Å². The van der Waals surface area contributed by atoms with Gasteiger partial charge in [0, 0.05) is 51.2 Å². The third-order valence-corrected chi connectivity index (χ3v) is 4.22. The number of hydrogen-bond donors (Lipinski definition) is 1. The van der Waals surface area contributed by atoms with Crippen molar-refractivity contribution in [2.24, 2.45) is 7.05 Å². The Bertz CT molecular complexity index is 706. The van der Waals surface area contributed by atoms with E-state index in [-0.39, 0.29) is 12.1 Å². The van der Waals surface area contributed by atoms with Crippen LogP contribution in [0.3, 0.4) is 0 Å². The summed E-state index contributed by atoms with van der Waals surface area (Å²) in [5.74, 6) is 1.68. The Kier molecular flexibility index (Phi) is 4.64. The van der Waals surface area contributed by atoms with E-state index in [1.807, 2.05) is 38.1 Å². The van der Waals surface area contributed by atoms with E-state index in [2.05, 4.69) is 25.3 Å². The van der Waals surface area contributed by atoms with E-state index in [0.717, 1.165) is 30.3 Å². The van der Waals surface area contributed by atoms with Crippen LogP contribution in [0.2, 0.25) is 0 Å². The average Bonchev–Trinajstić information content (AvgIpc) is 3.01. The summed E-state index contributed by atoms with van der Waals surface area (Å²) in [7, 11) is 1.87. The van der Waals surface area contributed by atoms with Crippen molar-refractivity contribution < 1.29 is 4.79 Å². The predicted octanol–water partition coefficient (Wildman–Crippen LogP) is 1.11. The normalized spacial score (nSPS) is 16.1. The van der Waals surface area contributed by atoms with E-state index in [0.29, 0.717) is 13.1 Å². The van der Waals surface area contributed by atoms with Gasteiger partial charge in [-0.2, -0.15) is 5.10 Å².